The lowest BCUT2D eigenvalue weighted by Crippen LogP contribution is -2.36. The van der Waals surface area contributed by atoms with E-state index in [1.165, 1.54) is 11.1 Å². The second kappa shape index (κ2) is 6.53. The van der Waals surface area contributed by atoms with Crippen molar-refractivity contribution >= 4 is 0 Å². The summed E-state index contributed by atoms with van der Waals surface area (Å²) in [6.07, 6.45) is 0.726. The molecule has 0 unspecified atom stereocenters. The monoisotopic (exact) mass is 278 g/mol. The Hall–Kier alpha value is -2.15. The third kappa shape index (κ3) is 3.13. The van der Waals surface area contributed by atoms with Crippen molar-refractivity contribution in [1.82, 2.24) is 4.90 Å². The first kappa shape index (κ1) is 13.8. The maximum atomic E-state index is 9.57. The van der Waals surface area contributed by atoms with Crippen molar-refractivity contribution in [1.29, 1.82) is 5.26 Å². The zero-order valence-corrected chi connectivity index (χ0v) is 11.9. The van der Waals surface area contributed by atoms with Crippen molar-refractivity contribution in [3.8, 4) is 6.07 Å². The molecule has 0 bridgehead atoms. The van der Waals surface area contributed by atoms with Gasteiger partial charge in [0.25, 0.3) is 0 Å². The number of hydrogen-bond acceptors (Lipinski definition) is 3. The van der Waals surface area contributed by atoms with Crippen molar-refractivity contribution in [2.75, 3.05) is 13.3 Å². The van der Waals surface area contributed by atoms with Gasteiger partial charge in [-0.2, -0.15) is 5.26 Å². The van der Waals surface area contributed by atoms with Crippen LogP contribution >= 0.6 is 0 Å². The van der Waals surface area contributed by atoms with Gasteiger partial charge < -0.3 is 4.74 Å². The van der Waals surface area contributed by atoms with Gasteiger partial charge in [0, 0.05) is 6.42 Å². The van der Waals surface area contributed by atoms with Crippen molar-refractivity contribution in [2.24, 2.45) is 0 Å². The van der Waals surface area contributed by atoms with E-state index in [4.69, 9.17) is 4.74 Å². The van der Waals surface area contributed by atoms with Gasteiger partial charge in [-0.1, -0.05) is 60.7 Å². The molecule has 0 saturated carbocycles. The molecule has 3 nitrogen and oxygen atoms in total. The Bertz CT molecular complexity index is 606. The van der Waals surface area contributed by atoms with E-state index in [1.54, 1.807) is 0 Å². The third-order valence-corrected chi connectivity index (χ3v) is 3.92. The van der Waals surface area contributed by atoms with E-state index in [2.05, 4.69) is 35.2 Å². The zero-order chi connectivity index (χ0) is 14.5. The molecule has 1 heterocycles. The van der Waals surface area contributed by atoms with Crippen LogP contribution in [-0.4, -0.2) is 24.3 Å². The van der Waals surface area contributed by atoms with Gasteiger partial charge in [0.05, 0.1) is 18.7 Å². The van der Waals surface area contributed by atoms with Crippen LogP contribution in [0.3, 0.4) is 0 Å². The summed E-state index contributed by atoms with van der Waals surface area (Å²) in [6.45, 7) is 1.17. The minimum atomic E-state index is -0.167. The van der Waals surface area contributed by atoms with Crippen LogP contribution in [0.25, 0.3) is 0 Å². The first-order valence-corrected chi connectivity index (χ1v) is 7.20. The molecule has 0 aliphatic carbocycles. The van der Waals surface area contributed by atoms with Crippen LogP contribution in [0.5, 0.6) is 0 Å². The average Bonchev–Trinajstić information content (AvgIpc) is 3.04. The highest BCUT2D eigenvalue weighted by Crippen LogP contribution is 2.29. The van der Waals surface area contributed by atoms with Crippen molar-refractivity contribution in [3.05, 3.63) is 71.8 Å². The molecule has 3 heteroatoms. The highest BCUT2D eigenvalue weighted by Gasteiger charge is 2.32. The smallest absolute Gasteiger partial charge is 0.104 e. The molecule has 0 N–H and O–H groups in total. The zero-order valence-electron chi connectivity index (χ0n) is 11.9. The Balaban J connectivity index is 1.78. The van der Waals surface area contributed by atoms with Gasteiger partial charge in [0.1, 0.15) is 12.8 Å². The lowest BCUT2D eigenvalue weighted by atomic mass is 10.0. The van der Waals surface area contributed by atoms with E-state index < -0.39 is 0 Å². The van der Waals surface area contributed by atoms with E-state index in [1.807, 2.05) is 36.4 Å². The molecule has 1 saturated heterocycles. The fourth-order valence-electron chi connectivity index (χ4n) is 2.80. The van der Waals surface area contributed by atoms with Gasteiger partial charge in [-0.05, 0) is 11.1 Å². The number of ether oxygens (including phenoxy) is 1. The van der Waals surface area contributed by atoms with Gasteiger partial charge in [0.2, 0.25) is 0 Å². The summed E-state index contributed by atoms with van der Waals surface area (Å²) < 4.78 is 5.62. The lowest BCUT2D eigenvalue weighted by molar-refractivity contribution is 0.123. The molecule has 1 aliphatic heterocycles. The molecule has 2 aromatic rings. The van der Waals surface area contributed by atoms with Gasteiger partial charge >= 0.3 is 0 Å². The van der Waals surface area contributed by atoms with Gasteiger partial charge in [0.15, 0.2) is 0 Å². The standard InChI is InChI=1S/C18H18N2O/c19-12-17(11-15-7-3-1-4-8-15)20-14-21-13-18(20)16-9-5-2-6-10-16/h1-10,17-18H,11,13-14H2/t17-,18-/m0/s1. The summed E-state index contributed by atoms with van der Waals surface area (Å²) in [5.41, 5.74) is 2.39. The van der Waals surface area contributed by atoms with Crippen LogP contribution in [0.4, 0.5) is 0 Å². The van der Waals surface area contributed by atoms with Crippen molar-refractivity contribution in [2.45, 2.75) is 18.5 Å². The normalized spacial score (nSPS) is 20.0. The summed E-state index contributed by atoms with van der Waals surface area (Å²) in [5, 5.41) is 9.57. The van der Waals surface area contributed by atoms with Crippen molar-refractivity contribution in [3.63, 3.8) is 0 Å². The topological polar surface area (TPSA) is 36.3 Å². The maximum Gasteiger partial charge on any atom is 0.104 e. The lowest BCUT2D eigenvalue weighted by Gasteiger charge is -2.27. The molecule has 2 aromatic carbocycles. The van der Waals surface area contributed by atoms with Crippen molar-refractivity contribution < 1.29 is 4.74 Å². The second-order valence-corrected chi connectivity index (χ2v) is 5.28. The fraction of sp³-hybridized carbons (Fsp3) is 0.278. The Kier molecular flexibility index (Phi) is 4.30. The molecule has 1 fully saturated rings. The molecule has 0 spiro atoms. The van der Waals surface area contributed by atoms with E-state index in [-0.39, 0.29) is 12.1 Å². The molecule has 106 valence electrons. The van der Waals surface area contributed by atoms with Gasteiger partial charge in [-0.15, -0.1) is 0 Å². The Morgan fingerprint density at radius 1 is 1.10 bits per heavy atom. The third-order valence-electron chi connectivity index (χ3n) is 3.92. The van der Waals surface area contributed by atoms with Crippen LogP contribution in [0.2, 0.25) is 0 Å². The number of benzene rings is 2. The fourth-order valence-corrected chi connectivity index (χ4v) is 2.80. The second-order valence-electron chi connectivity index (χ2n) is 5.28. The summed E-state index contributed by atoms with van der Waals surface area (Å²) in [5.74, 6) is 0. The highest BCUT2D eigenvalue weighted by molar-refractivity contribution is 5.22. The average molecular weight is 278 g/mol. The number of hydrogen-bond donors (Lipinski definition) is 0. The van der Waals surface area contributed by atoms with Gasteiger partial charge in [-0.25, -0.2) is 0 Å². The SMILES string of the molecule is N#C[C@H](Cc1ccccc1)N1COC[C@H]1c1ccccc1. The van der Waals surface area contributed by atoms with Crippen LogP contribution in [-0.2, 0) is 11.2 Å². The van der Waals surface area contributed by atoms with Gasteiger partial charge in [-0.3, -0.25) is 4.90 Å². The summed E-state index contributed by atoms with van der Waals surface area (Å²) in [7, 11) is 0. The molecule has 21 heavy (non-hydrogen) atoms. The molecule has 3 rings (SSSR count). The number of rotatable bonds is 4. The molecule has 0 radical (unpaired) electrons. The Labute approximate surface area is 125 Å². The number of nitrogens with zero attached hydrogens (tertiary/aromatic N) is 2. The maximum absolute atomic E-state index is 9.57. The molecular weight excluding hydrogens is 260 g/mol. The van der Waals surface area contributed by atoms with E-state index in [0.717, 1.165) is 6.42 Å². The minimum absolute atomic E-state index is 0.166. The van der Waals surface area contributed by atoms with E-state index in [9.17, 15) is 5.26 Å². The first-order valence-electron chi connectivity index (χ1n) is 7.20. The molecule has 2 atom stereocenters. The van der Waals surface area contributed by atoms with Crippen LogP contribution in [0.1, 0.15) is 17.2 Å². The molecule has 0 amide bonds. The van der Waals surface area contributed by atoms with E-state index in [0.29, 0.717) is 13.3 Å². The predicted molar refractivity (Wildman–Crippen MR) is 81.4 cm³/mol. The molecule has 0 aromatic heterocycles. The quantitative estimate of drug-likeness (QED) is 0.862. The summed E-state index contributed by atoms with van der Waals surface area (Å²) in [6, 6.07) is 22.9. The highest BCUT2D eigenvalue weighted by atomic mass is 16.5. The summed E-state index contributed by atoms with van der Waals surface area (Å²) >= 11 is 0. The predicted octanol–water partition coefficient (Wildman–Crippen LogP) is 3.15. The Morgan fingerprint density at radius 2 is 1.76 bits per heavy atom. The van der Waals surface area contributed by atoms with E-state index >= 15 is 0 Å². The number of nitriles is 1. The van der Waals surface area contributed by atoms with Crippen LogP contribution < -0.4 is 0 Å². The molecule has 1 aliphatic rings. The van der Waals surface area contributed by atoms with Crippen LogP contribution in [0.15, 0.2) is 60.7 Å². The first-order chi connectivity index (χ1) is 10.4. The summed E-state index contributed by atoms with van der Waals surface area (Å²) in [4.78, 5) is 2.16. The minimum Gasteiger partial charge on any atom is -0.364 e. The van der Waals surface area contributed by atoms with Crippen LogP contribution in [0, 0.1) is 11.3 Å². The molecular formula is C18H18N2O. The largest absolute Gasteiger partial charge is 0.364 e. The Morgan fingerprint density at radius 3 is 2.43 bits per heavy atom.